The highest BCUT2D eigenvalue weighted by Crippen LogP contribution is 2.16. The number of aromatic nitrogens is 2. The van der Waals surface area contributed by atoms with E-state index in [9.17, 15) is 0 Å². The molecule has 0 aliphatic heterocycles. The molecule has 0 bridgehead atoms. The summed E-state index contributed by atoms with van der Waals surface area (Å²) in [6.07, 6.45) is 0. The second-order valence-electron chi connectivity index (χ2n) is 3.89. The number of anilines is 1. The molecule has 0 saturated carbocycles. The third-order valence-corrected chi connectivity index (χ3v) is 2.75. The molecule has 88 valence electrons. The Labute approximate surface area is 106 Å². The molecular formula is C13H14ClN3. The van der Waals surface area contributed by atoms with E-state index in [1.165, 1.54) is 0 Å². The maximum atomic E-state index is 6.08. The van der Waals surface area contributed by atoms with Crippen LogP contribution in [0.3, 0.4) is 0 Å². The lowest BCUT2D eigenvalue weighted by Gasteiger charge is -2.08. The van der Waals surface area contributed by atoms with Crippen LogP contribution in [0.25, 0.3) is 0 Å². The maximum absolute atomic E-state index is 6.08. The molecule has 0 atom stereocenters. The van der Waals surface area contributed by atoms with Crippen LogP contribution in [0.4, 0.5) is 5.82 Å². The first-order valence-corrected chi connectivity index (χ1v) is 5.82. The molecule has 1 heterocycles. The van der Waals surface area contributed by atoms with E-state index in [2.05, 4.69) is 15.3 Å². The molecule has 0 saturated heterocycles. The summed E-state index contributed by atoms with van der Waals surface area (Å²) in [5.74, 6) is 1.60. The molecule has 4 heteroatoms. The van der Waals surface area contributed by atoms with Crippen LogP contribution in [0, 0.1) is 13.8 Å². The van der Waals surface area contributed by atoms with Crippen molar-refractivity contribution >= 4 is 17.4 Å². The van der Waals surface area contributed by atoms with E-state index in [0.717, 1.165) is 27.9 Å². The molecular weight excluding hydrogens is 234 g/mol. The minimum absolute atomic E-state index is 0.662. The normalized spacial score (nSPS) is 10.3. The van der Waals surface area contributed by atoms with Gasteiger partial charge in [-0.2, -0.15) is 0 Å². The molecule has 0 aliphatic rings. The number of nitrogens with zero attached hydrogens (tertiary/aromatic N) is 2. The molecule has 0 radical (unpaired) electrons. The molecule has 2 aromatic rings. The van der Waals surface area contributed by atoms with Crippen molar-refractivity contribution in [2.75, 3.05) is 5.32 Å². The van der Waals surface area contributed by atoms with Gasteiger partial charge < -0.3 is 5.32 Å². The highest BCUT2D eigenvalue weighted by molar-refractivity contribution is 6.31. The van der Waals surface area contributed by atoms with Gasteiger partial charge in [0.1, 0.15) is 11.6 Å². The van der Waals surface area contributed by atoms with Crippen molar-refractivity contribution in [1.82, 2.24) is 9.97 Å². The smallest absolute Gasteiger partial charge is 0.130 e. The van der Waals surface area contributed by atoms with Crippen LogP contribution in [0.2, 0.25) is 5.02 Å². The topological polar surface area (TPSA) is 37.8 Å². The van der Waals surface area contributed by atoms with Gasteiger partial charge in [0.15, 0.2) is 0 Å². The third-order valence-electron chi connectivity index (χ3n) is 2.38. The lowest BCUT2D eigenvalue weighted by atomic mass is 10.2. The van der Waals surface area contributed by atoms with E-state index in [4.69, 9.17) is 11.6 Å². The van der Waals surface area contributed by atoms with E-state index >= 15 is 0 Å². The first-order valence-electron chi connectivity index (χ1n) is 5.45. The molecule has 0 unspecified atom stereocenters. The van der Waals surface area contributed by atoms with Crippen molar-refractivity contribution in [3.8, 4) is 0 Å². The second kappa shape index (κ2) is 5.15. The summed E-state index contributed by atoms with van der Waals surface area (Å²) in [6.45, 7) is 4.50. The molecule has 0 spiro atoms. The molecule has 3 nitrogen and oxygen atoms in total. The Morgan fingerprint density at radius 3 is 2.65 bits per heavy atom. The Morgan fingerprint density at radius 2 is 1.94 bits per heavy atom. The fourth-order valence-electron chi connectivity index (χ4n) is 1.64. The molecule has 1 N–H and O–H groups in total. The van der Waals surface area contributed by atoms with Crippen molar-refractivity contribution < 1.29 is 0 Å². The zero-order chi connectivity index (χ0) is 12.3. The monoisotopic (exact) mass is 247 g/mol. The number of halogens is 1. The third kappa shape index (κ3) is 3.17. The van der Waals surface area contributed by atoms with Crippen LogP contribution >= 0.6 is 11.6 Å². The van der Waals surface area contributed by atoms with Gasteiger partial charge in [0, 0.05) is 23.3 Å². The zero-order valence-electron chi connectivity index (χ0n) is 9.87. The predicted octanol–water partition coefficient (Wildman–Crippen LogP) is 3.36. The van der Waals surface area contributed by atoms with Crippen molar-refractivity contribution in [3.63, 3.8) is 0 Å². The minimum atomic E-state index is 0.662. The second-order valence-corrected chi connectivity index (χ2v) is 4.29. The summed E-state index contributed by atoms with van der Waals surface area (Å²) in [7, 11) is 0. The maximum Gasteiger partial charge on any atom is 0.130 e. The average Bonchev–Trinajstić information content (AvgIpc) is 2.27. The summed E-state index contributed by atoms with van der Waals surface area (Å²) in [6, 6.07) is 9.69. The predicted molar refractivity (Wildman–Crippen MR) is 70.3 cm³/mol. The van der Waals surface area contributed by atoms with E-state index in [1.54, 1.807) is 0 Å². The molecule has 17 heavy (non-hydrogen) atoms. The molecule has 1 aromatic heterocycles. The highest BCUT2D eigenvalue weighted by atomic mass is 35.5. The summed E-state index contributed by atoms with van der Waals surface area (Å²) < 4.78 is 0. The van der Waals surface area contributed by atoms with E-state index in [0.29, 0.717) is 6.54 Å². The number of benzene rings is 1. The van der Waals surface area contributed by atoms with Gasteiger partial charge in [-0.1, -0.05) is 29.8 Å². The van der Waals surface area contributed by atoms with Crippen molar-refractivity contribution in [2.24, 2.45) is 0 Å². The van der Waals surface area contributed by atoms with Gasteiger partial charge in [-0.25, -0.2) is 9.97 Å². The Kier molecular flexibility index (Phi) is 3.59. The minimum Gasteiger partial charge on any atom is -0.366 e. The van der Waals surface area contributed by atoms with Gasteiger partial charge >= 0.3 is 0 Å². The molecule has 0 aliphatic carbocycles. The van der Waals surface area contributed by atoms with Crippen molar-refractivity contribution in [2.45, 2.75) is 20.4 Å². The van der Waals surface area contributed by atoms with E-state index < -0.39 is 0 Å². The fraction of sp³-hybridized carbons (Fsp3) is 0.231. The van der Waals surface area contributed by atoms with Crippen molar-refractivity contribution in [3.05, 3.63) is 52.4 Å². The van der Waals surface area contributed by atoms with Gasteiger partial charge in [0.25, 0.3) is 0 Å². The van der Waals surface area contributed by atoms with Crippen LogP contribution in [0.5, 0.6) is 0 Å². The Balaban J connectivity index is 2.10. The largest absolute Gasteiger partial charge is 0.366 e. The van der Waals surface area contributed by atoms with Crippen LogP contribution in [0.1, 0.15) is 17.1 Å². The Morgan fingerprint density at radius 1 is 1.18 bits per heavy atom. The quantitative estimate of drug-likeness (QED) is 0.904. The van der Waals surface area contributed by atoms with Crippen LogP contribution in [-0.2, 0) is 6.54 Å². The van der Waals surface area contributed by atoms with Gasteiger partial charge in [-0.3, -0.25) is 0 Å². The van der Waals surface area contributed by atoms with Gasteiger partial charge in [0.2, 0.25) is 0 Å². The molecule has 0 amide bonds. The number of aryl methyl sites for hydroxylation is 2. The first kappa shape index (κ1) is 11.9. The molecule has 0 fully saturated rings. The molecule has 2 rings (SSSR count). The number of nitrogens with one attached hydrogen (secondary N) is 1. The lowest BCUT2D eigenvalue weighted by molar-refractivity contribution is 0.992. The number of rotatable bonds is 3. The summed E-state index contributed by atoms with van der Waals surface area (Å²) in [5, 5.41) is 4.01. The number of hydrogen-bond acceptors (Lipinski definition) is 3. The Hall–Kier alpha value is -1.61. The molecule has 1 aromatic carbocycles. The SMILES string of the molecule is Cc1cc(NCc2ccccc2Cl)nc(C)n1. The van der Waals surface area contributed by atoms with Crippen molar-refractivity contribution in [1.29, 1.82) is 0 Å². The standard InChI is InChI=1S/C13H14ClN3/c1-9-7-13(17-10(2)16-9)15-8-11-5-3-4-6-12(11)14/h3-7H,8H2,1-2H3,(H,15,16,17). The van der Waals surface area contributed by atoms with Crippen LogP contribution < -0.4 is 5.32 Å². The van der Waals surface area contributed by atoms with Gasteiger partial charge in [0.05, 0.1) is 0 Å². The van der Waals surface area contributed by atoms with E-state index in [1.807, 2.05) is 44.2 Å². The summed E-state index contributed by atoms with van der Waals surface area (Å²) in [5.41, 5.74) is 2.02. The van der Waals surface area contributed by atoms with Gasteiger partial charge in [-0.05, 0) is 25.5 Å². The fourth-order valence-corrected chi connectivity index (χ4v) is 1.84. The van der Waals surface area contributed by atoms with Crippen LogP contribution in [0.15, 0.2) is 30.3 Å². The zero-order valence-corrected chi connectivity index (χ0v) is 10.6. The average molecular weight is 248 g/mol. The van der Waals surface area contributed by atoms with E-state index in [-0.39, 0.29) is 0 Å². The summed E-state index contributed by atoms with van der Waals surface area (Å²) >= 11 is 6.08. The number of hydrogen-bond donors (Lipinski definition) is 1. The first-order chi connectivity index (χ1) is 8.15. The van der Waals surface area contributed by atoms with Crippen LogP contribution in [-0.4, -0.2) is 9.97 Å². The van der Waals surface area contributed by atoms with Gasteiger partial charge in [-0.15, -0.1) is 0 Å². The summed E-state index contributed by atoms with van der Waals surface area (Å²) in [4.78, 5) is 8.54. The Bertz CT molecular complexity index is 506. The lowest BCUT2D eigenvalue weighted by Crippen LogP contribution is -2.04. The highest BCUT2D eigenvalue weighted by Gasteiger charge is 2.01.